The van der Waals surface area contributed by atoms with Gasteiger partial charge < -0.3 is 33.3 Å². The van der Waals surface area contributed by atoms with E-state index in [-0.39, 0.29) is 32.2 Å². The van der Waals surface area contributed by atoms with Gasteiger partial charge in [0.1, 0.15) is 13.2 Å². The maximum Gasteiger partial charge on any atom is 0.306 e. The number of esters is 2. The zero-order chi connectivity index (χ0) is 39.3. The van der Waals surface area contributed by atoms with Gasteiger partial charge in [0.2, 0.25) is 0 Å². The highest BCUT2D eigenvalue weighted by molar-refractivity contribution is 5.70. The van der Waals surface area contributed by atoms with Crippen molar-refractivity contribution in [2.75, 3.05) is 47.5 Å². The van der Waals surface area contributed by atoms with Crippen LogP contribution in [0.25, 0.3) is 0 Å². The molecule has 0 rings (SSSR count). The second-order valence-corrected chi connectivity index (χ2v) is 16.0. The number of unbranched alkanes of at least 4 members (excludes halogenated alkanes) is 23. The zero-order valence-electron chi connectivity index (χ0n) is 35.2. The van der Waals surface area contributed by atoms with Gasteiger partial charge in [0.05, 0.1) is 40.3 Å². The van der Waals surface area contributed by atoms with E-state index in [4.69, 9.17) is 18.9 Å². The lowest BCUT2D eigenvalue weighted by Crippen LogP contribution is -2.44. The summed E-state index contributed by atoms with van der Waals surface area (Å²) < 4.78 is 22.5. The molecule has 9 heteroatoms. The average molecular weight is 754 g/mol. The third-order valence-corrected chi connectivity index (χ3v) is 9.51. The fraction of sp³-hybridized carbons (Fsp3) is 0.886. The van der Waals surface area contributed by atoms with Crippen molar-refractivity contribution in [2.45, 2.75) is 206 Å². The Morgan fingerprint density at radius 2 is 0.962 bits per heavy atom. The molecule has 0 aromatic heterocycles. The number of nitrogens with zero attached hydrogens (tertiary/aromatic N) is 1. The van der Waals surface area contributed by atoms with E-state index in [0.717, 1.165) is 51.4 Å². The van der Waals surface area contributed by atoms with Crippen LogP contribution in [-0.4, -0.2) is 82.3 Å². The van der Waals surface area contributed by atoms with Crippen molar-refractivity contribution in [1.29, 1.82) is 0 Å². The van der Waals surface area contributed by atoms with E-state index in [1.54, 1.807) is 0 Å². The number of hydrogen-bond acceptors (Lipinski definition) is 8. The molecule has 9 nitrogen and oxygen atoms in total. The molecular formula is C44H83NO8. The van der Waals surface area contributed by atoms with E-state index < -0.39 is 24.3 Å². The van der Waals surface area contributed by atoms with Gasteiger partial charge >= 0.3 is 11.9 Å². The van der Waals surface area contributed by atoms with Crippen molar-refractivity contribution in [3.63, 3.8) is 0 Å². The van der Waals surface area contributed by atoms with E-state index in [9.17, 15) is 19.5 Å². The molecule has 2 unspecified atom stereocenters. The molecule has 0 aromatic carbocycles. The predicted molar refractivity (Wildman–Crippen MR) is 214 cm³/mol. The summed E-state index contributed by atoms with van der Waals surface area (Å²) in [6, 6.07) is 0. The first-order valence-corrected chi connectivity index (χ1v) is 21.8. The summed E-state index contributed by atoms with van der Waals surface area (Å²) in [5.41, 5.74) is 0. The maximum absolute atomic E-state index is 12.7. The van der Waals surface area contributed by atoms with Gasteiger partial charge in [0.15, 0.2) is 12.4 Å². The lowest BCUT2D eigenvalue weighted by Gasteiger charge is -2.26. The summed E-state index contributed by atoms with van der Waals surface area (Å²) in [6.07, 6.45) is 33.8. The molecule has 0 N–H and O–H groups in total. The lowest BCUT2D eigenvalue weighted by atomic mass is 10.0. The fourth-order valence-corrected chi connectivity index (χ4v) is 6.06. The molecule has 0 heterocycles. The number of allylic oxidation sites excluding steroid dienone is 2. The largest absolute Gasteiger partial charge is 0.545 e. The van der Waals surface area contributed by atoms with Crippen molar-refractivity contribution in [1.82, 2.24) is 0 Å². The first-order chi connectivity index (χ1) is 25.6. The van der Waals surface area contributed by atoms with Gasteiger partial charge in [-0.1, -0.05) is 154 Å². The number of ether oxygens (including phenoxy) is 4. The lowest BCUT2D eigenvalue weighted by molar-refractivity contribution is -0.870. The van der Waals surface area contributed by atoms with Crippen LogP contribution in [0, 0.1) is 0 Å². The Bertz CT molecular complexity index is 887. The van der Waals surface area contributed by atoms with Crippen LogP contribution < -0.4 is 5.11 Å². The summed E-state index contributed by atoms with van der Waals surface area (Å²) in [4.78, 5) is 36.9. The molecule has 2 atom stereocenters. The molecule has 0 aliphatic carbocycles. The third kappa shape index (κ3) is 38.1. The molecule has 53 heavy (non-hydrogen) atoms. The number of quaternary nitrogens is 1. The molecule has 312 valence electrons. The molecule has 0 bridgehead atoms. The summed E-state index contributed by atoms with van der Waals surface area (Å²) in [6.45, 7) is 4.73. The van der Waals surface area contributed by atoms with Crippen LogP contribution in [-0.2, 0) is 33.3 Å². The Labute approximate surface area is 325 Å². The van der Waals surface area contributed by atoms with Crippen molar-refractivity contribution >= 4 is 17.9 Å². The van der Waals surface area contributed by atoms with Crippen molar-refractivity contribution in [2.24, 2.45) is 0 Å². The number of aliphatic carboxylic acids is 1. The van der Waals surface area contributed by atoms with E-state index in [2.05, 4.69) is 26.0 Å². The smallest absolute Gasteiger partial charge is 0.306 e. The van der Waals surface area contributed by atoms with Gasteiger partial charge in [0.25, 0.3) is 0 Å². The van der Waals surface area contributed by atoms with Crippen molar-refractivity contribution in [3.05, 3.63) is 12.2 Å². The molecule has 0 fully saturated rings. The number of rotatable bonds is 40. The van der Waals surface area contributed by atoms with E-state index in [1.807, 2.05) is 21.1 Å². The highest BCUT2D eigenvalue weighted by Crippen LogP contribution is 2.14. The second kappa shape index (κ2) is 37.0. The molecule has 0 spiro atoms. The van der Waals surface area contributed by atoms with E-state index >= 15 is 0 Å². The van der Waals surface area contributed by atoms with Crippen LogP contribution in [0.1, 0.15) is 194 Å². The van der Waals surface area contributed by atoms with E-state index in [0.29, 0.717) is 23.9 Å². The molecule has 0 radical (unpaired) electrons. The normalized spacial score (nSPS) is 13.0. The number of carboxylic acids is 1. The summed E-state index contributed by atoms with van der Waals surface area (Å²) >= 11 is 0. The van der Waals surface area contributed by atoms with Gasteiger partial charge in [-0.15, -0.1) is 0 Å². The summed E-state index contributed by atoms with van der Waals surface area (Å²) in [5.74, 6) is -2.29. The summed E-state index contributed by atoms with van der Waals surface area (Å²) in [7, 11) is 5.90. The molecule has 0 aliphatic rings. The van der Waals surface area contributed by atoms with Gasteiger partial charge in [-0.25, -0.2) is 0 Å². The molecule has 0 saturated heterocycles. The highest BCUT2D eigenvalue weighted by Gasteiger charge is 2.21. The first kappa shape index (κ1) is 51.0. The van der Waals surface area contributed by atoms with Gasteiger partial charge in [-0.2, -0.15) is 0 Å². The molecule has 0 amide bonds. The second-order valence-electron chi connectivity index (χ2n) is 16.0. The van der Waals surface area contributed by atoms with Crippen LogP contribution in [0.15, 0.2) is 12.2 Å². The minimum Gasteiger partial charge on any atom is -0.545 e. The zero-order valence-corrected chi connectivity index (χ0v) is 35.2. The molecular weight excluding hydrogens is 670 g/mol. The Kier molecular flexibility index (Phi) is 35.6. The topological polar surface area (TPSA) is 111 Å². The van der Waals surface area contributed by atoms with Gasteiger partial charge in [0, 0.05) is 12.8 Å². The number of carbonyl (C=O) groups excluding carboxylic acids is 3. The van der Waals surface area contributed by atoms with Crippen LogP contribution in [0.3, 0.4) is 0 Å². The number of carboxylic acid groups (broad SMARTS) is 1. The van der Waals surface area contributed by atoms with Crippen molar-refractivity contribution < 1.29 is 42.9 Å². The molecule has 0 aliphatic heterocycles. The monoisotopic (exact) mass is 754 g/mol. The SMILES string of the molecule is CCCCCCCCC/C=C\CCCCCCCC(=O)OC(COC(=O)CCCCCCCCCCCCCC)COC(OCC[N+](C)(C)C)C(=O)[O-]. The number of hydrogen-bond donors (Lipinski definition) is 0. The third-order valence-electron chi connectivity index (χ3n) is 9.51. The quantitative estimate of drug-likeness (QED) is 0.0200. The van der Waals surface area contributed by atoms with Crippen LogP contribution in [0.4, 0.5) is 0 Å². The minimum atomic E-state index is -1.62. The first-order valence-electron chi connectivity index (χ1n) is 21.8. The van der Waals surface area contributed by atoms with Crippen molar-refractivity contribution in [3.8, 4) is 0 Å². The summed E-state index contributed by atoms with van der Waals surface area (Å²) in [5, 5.41) is 11.7. The van der Waals surface area contributed by atoms with Crippen LogP contribution in [0.2, 0.25) is 0 Å². The van der Waals surface area contributed by atoms with Gasteiger partial charge in [-0.05, 0) is 38.5 Å². The Morgan fingerprint density at radius 3 is 1.40 bits per heavy atom. The molecule has 0 aromatic rings. The number of likely N-dealkylation sites (N-methyl/N-ethyl adjacent to an activating group) is 1. The fourth-order valence-electron chi connectivity index (χ4n) is 6.06. The Hall–Kier alpha value is -1.97. The maximum atomic E-state index is 12.7. The predicted octanol–water partition coefficient (Wildman–Crippen LogP) is 9.78. The Balaban J connectivity index is 4.45. The Morgan fingerprint density at radius 1 is 0.547 bits per heavy atom. The standard InChI is InChI=1S/C44H83NO8/c1-6-8-10-12-14-16-18-20-21-22-23-25-27-29-31-33-35-42(47)53-40(39-52-44(43(48)49)50-37-36-45(3,4)5)38-51-41(46)34-32-30-28-26-24-19-17-15-13-11-9-7-2/h21-22,40,44H,6-20,23-39H2,1-5H3/b22-21-. The van der Waals surface area contributed by atoms with Crippen LogP contribution >= 0.6 is 0 Å². The van der Waals surface area contributed by atoms with E-state index in [1.165, 1.54) is 109 Å². The number of carbonyl (C=O) groups is 3. The molecule has 0 saturated carbocycles. The van der Waals surface area contributed by atoms with Gasteiger partial charge in [-0.3, -0.25) is 9.59 Å². The average Bonchev–Trinajstić information content (AvgIpc) is 3.11. The van der Waals surface area contributed by atoms with Crippen LogP contribution in [0.5, 0.6) is 0 Å². The highest BCUT2D eigenvalue weighted by atomic mass is 16.7. The minimum absolute atomic E-state index is 0.149.